The summed E-state index contributed by atoms with van der Waals surface area (Å²) in [5, 5.41) is -1.19. The number of rotatable bonds is 0. The van der Waals surface area contributed by atoms with Gasteiger partial charge in [0, 0.05) is 0 Å². The molecule has 0 aromatic heterocycles. The summed E-state index contributed by atoms with van der Waals surface area (Å²) >= 11 is 0. The highest BCUT2D eigenvalue weighted by atomic mass is 16.5. The Morgan fingerprint density at radius 2 is 0.833 bits per heavy atom. The molecule has 0 saturated heterocycles. The molecule has 2 aliphatic rings. The van der Waals surface area contributed by atoms with E-state index in [2.05, 4.69) is 8.83 Å². The molecule has 2 aliphatic heterocycles. The van der Waals surface area contributed by atoms with Crippen molar-refractivity contribution < 1.29 is 8.83 Å². The lowest BCUT2D eigenvalue weighted by molar-refractivity contribution is 0.451. The van der Waals surface area contributed by atoms with Gasteiger partial charge in [0.2, 0.25) is 0 Å². The Kier molecular flexibility index (Phi) is 0.999. The number of hydrogen-bond donors (Lipinski definition) is 0. The Bertz CT molecular complexity index is 563. The van der Waals surface area contributed by atoms with E-state index < -0.39 is 32.9 Å². The van der Waals surface area contributed by atoms with Crippen LogP contribution >= 0.6 is 0 Å². The van der Waals surface area contributed by atoms with Crippen LogP contribution in [0.15, 0.2) is 28.0 Å². The van der Waals surface area contributed by atoms with E-state index in [1.54, 1.807) is 0 Å². The molecule has 0 aromatic rings. The van der Waals surface area contributed by atoms with Gasteiger partial charge in [-0.1, -0.05) is 0 Å². The first kappa shape index (κ1) is 6.71. The monoisotopic (exact) mass is 168 g/mol. The van der Waals surface area contributed by atoms with Crippen molar-refractivity contribution in [3.63, 3.8) is 0 Å². The average molecular weight is 168 g/mol. The molecular weight excluding hydrogens is 168 g/mol. The molecule has 0 radical (unpaired) electrons. The topological polar surface area (TPSA) is 94.6 Å². The zero-order valence-corrected chi connectivity index (χ0v) is 5.45. The van der Waals surface area contributed by atoms with Crippen molar-refractivity contribution in [1.29, 1.82) is 0 Å². The maximum atomic E-state index is 10.7. The van der Waals surface area contributed by atoms with Crippen LogP contribution < -0.4 is 22.5 Å². The third-order valence-electron chi connectivity index (χ3n) is 1.44. The summed E-state index contributed by atoms with van der Waals surface area (Å²) in [5.74, 6) is 0. The molecule has 12 heavy (non-hydrogen) atoms. The summed E-state index contributed by atoms with van der Waals surface area (Å²) in [6.07, 6.45) is 0. The predicted molar refractivity (Wildman–Crippen MR) is 33.7 cm³/mol. The van der Waals surface area contributed by atoms with Crippen molar-refractivity contribution >= 4 is 0 Å². The lowest BCUT2D eigenvalue weighted by Gasteiger charge is -1.62. The minimum absolute atomic E-state index is 0.593. The van der Waals surface area contributed by atoms with Crippen LogP contribution in [0.1, 0.15) is 0 Å². The largest absolute Gasteiger partial charge is 0.385 e. The van der Waals surface area contributed by atoms with E-state index >= 15 is 0 Å². The van der Waals surface area contributed by atoms with Gasteiger partial charge in [-0.3, -0.25) is 0 Å². The molecule has 0 N–H and O–H groups in total. The zero-order valence-electron chi connectivity index (χ0n) is 5.45. The molecule has 6 nitrogen and oxygen atoms in total. The molecule has 0 aromatic carbocycles. The quantitative estimate of drug-likeness (QED) is 0.447. The van der Waals surface area contributed by atoms with Crippen molar-refractivity contribution in [2.24, 2.45) is 0 Å². The van der Waals surface area contributed by atoms with Crippen LogP contribution in [0.25, 0.3) is 0 Å². The van der Waals surface area contributed by atoms with E-state index in [0.717, 1.165) is 0 Å². The molecule has 6 heteroatoms. The minimum Gasteiger partial charge on any atom is -0.385 e. The minimum atomic E-state index is -1.12. The van der Waals surface area contributed by atoms with Crippen molar-refractivity contribution in [3.05, 3.63) is 52.1 Å². The lowest BCUT2D eigenvalue weighted by Crippen LogP contribution is -2.09. The van der Waals surface area contributed by atoms with Crippen molar-refractivity contribution in [2.45, 2.75) is 0 Å². The number of hydrogen-bond acceptors (Lipinski definition) is 6. The highest BCUT2D eigenvalue weighted by molar-refractivity contribution is 5.01. The van der Waals surface area contributed by atoms with Gasteiger partial charge in [0.15, 0.2) is 10.4 Å². The van der Waals surface area contributed by atoms with Crippen LogP contribution in [0.2, 0.25) is 0 Å². The summed E-state index contributed by atoms with van der Waals surface area (Å²) in [6.45, 7) is 0. The molecule has 60 valence electrons. The third kappa shape index (κ3) is 0.584. The van der Waals surface area contributed by atoms with Gasteiger partial charge in [0.1, 0.15) is 0 Å². The molecule has 0 saturated carbocycles. The van der Waals surface area contributed by atoms with Gasteiger partial charge in [0.05, 0.1) is 0 Å². The second-order valence-electron chi connectivity index (χ2n) is 2.10. The first-order valence-electron chi connectivity index (χ1n) is 2.88. The molecule has 2 heterocycles. The molecule has 0 atom stereocenters. The van der Waals surface area contributed by atoms with E-state index in [1.165, 1.54) is 0 Å². The molecule has 0 unspecified atom stereocenters. The van der Waals surface area contributed by atoms with Crippen LogP contribution in [-0.2, 0) is 0 Å². The summed E-state index contributed by atoms with van der Waals surface area (Å²) < 4.78 is 7.99. The maximum Gasteiger partial charge on any atom is 0.354 e. The average Bonchev–Trinajstić information content (AvgIpc) is 2.38. The van der Waals surface area contributed by atoms with E-state index in [9.17, 15) is 19.2 Å². The van der Waals surface area contributed by atoms with E-state index in [1.807, 2.05) is 0 Å². The lowest BCUT2D eigenvalue weighted by atomic mass is 10.4. The Morgan fingerprint density at radius 1 is 0.583 bits per heavy atom. The predicted octanol–water partition coefficient (Wildman–Crippen LogP) is -2.09. The first-order valence-corrected chi connectivity index (χ1v) is 2.88. The van der Waals surface area contributed by atoms with Crippen LogP contribution in [0.4, 0.5) is 0 Å². The molecule has 0 bridgehead atoms. The van der Waals surface area contributed by atoms with Crippen LogP contribution in [0.3, 0.4) is 0 Å². The summed E-state index contributed by atoms with van der Waals surface area (Å²) in [7, 11) is 0. The molecule has 0 aliphatic carbocycles. The van der Waals surface area contributed by atoms with Gasteiger partial charge in [-0.15, -0.1) is 0 Å². The van der Waals surface area contributed by atoms with Gasteiger partial charge in [-0.2, -0.15) is 0 Å². The van der Waals surface area contributed by atoms with Gasteiger partial charge in [-0.05, 0) is 0 Å². The van der Waals surface area contributed by atoms with Gasteiger partial charge < -0.3 is 8.83 Å². The Labute approximate surface area is 62.0 Å². The second kappa shape index (κ2) is 1.79. The molecule has 2 rings (SSSR count). The molecule has 0 spiro atoms. The van der Waals surface area contributed by atoms with Gasteiger partial charge in [-0.25, -0.2) is 19.2 Å². The second-order valence-corrected chi connectivity index (χ2v) is 2.10. The zero-order chi connectivity index (χ0) is 8.88. The SMILES string of the molecule is O=c1oc(=O)c2c(=O)oc(=O)c1=2. The highest BCUT2D eigenvalue weighted by Gasteiger charge is 2.15. The Morgan fingerprint density at radius 3 is 1.08 bits per heavy atom. The molecular formula is C6O6. The Hall–Kier alpha value is -1.98. The molecule has 0 fully saturated rings. The van der Waals surface area contributed by atoms with Gasteiger partial charge in [0.25, 0.3) is 0 Å². The van der Waals surface area contributed by atoms with Crippen LogP contribution in [-0.4, -0.2) is 0 Å². The van der Waals surface area contributed by atoms with Crippen LogP contribution in [0, 0.1) is 10.4 Å². The fourth-order valence-corrected chi connectivity index (χ4v) is 0.947. The van der Waals surface area contributed by atoms with E-state index in [4.69, 9.17) is 0 Å². The standard InChI is InChI=1S/C6O6/c7-3-1-2(5(9)11-3)6(10)12-4(1)8. The van der Waals surface area contributed by atoms with Crippen molar-refractivity contribution in [3.8, 4) is 0 Å². The Balaban J connectivity index is 3.60. The van der Waals surface area contributed by atoms with E-state index in [-0.39, 0.29) is 0 Å². The smallest absolute Gasteiger partial charge is 0.354 e. The van der Waals surface area contributed by atoms with Gasteiger partial charge >= 0.3 is 22.5 Å². The third-order valence-corrected chi connectivity index (χ3v) is 1.44. The van der Waals surface area contributed by atoms with Crippen molar-refractivity contribution in [1.82, 2.24) is 0 Å². The first-order chi connectivity index (χ1) is 5.61. The van der Waals surface area contributed by atoms with Crippen LogP contribution in [0.5, 0.6) is 0 Å². The maximum absolute atomic E-state index is 10.7. The summed E-state index contributed by atoms with van der Waals surface area (Å²) in [6, 6.07) is 0. The summed E-state index contributed by atoms with van der Waals surface area (Å²) in [5.41, 5.74) is -4.48. The highest BCUT2D eigenvalue weighted by Crippen LogP contribution is 1.75. The fraction of sp³-hybridized carbons (Fsp3) is 0. The van der Waals surface area contributed by atoms with Crippen molar-refractivity contribution in [2.75, 3.05) is 0 Å². The van der Waals surface area contributed by atoms with E-state index in [0.29, 0.717) is 0 Å². The normalized spacial score (nSPS) is 11.0. The summed E-state index contributed by atoms with van der Waals surface area (Å²) in [4.78, 5) is 42.7. The molecule has 0 amide bonds. The fourth-order valence-electron chi connectivity index (χ4n) is 0.947.